The summed E-state index contributed by atoms with van der Waals surface area (Å²) in [6, 6.07) is 0. The van der Waals surface area contributed by atoms with E-state index >= 15 is 0 Å². The van der Waals surface area contributed by atoms with Crippen molar-refractivity contribution in [2.24, 2.45) is 11.8 Å². The second-order valence-electron chi connectivity index (χ2n) is 6.21. The molecule has 118 valence electrons. The fraction of sp³-hybridized carbons (Fsp3) is 1.00. The normalized spacial score (nSPS) is 50.1. The summed E-state index contributed by atoms with van der Waals surface area (Å²) in [4.78, 5) is 0. The van der Waals surface area contributed by atoms with Crippen molar-refractivity contribution >= 4 is 0 Å². The van der Waals surface area contributed by atoms with Gasteiger partial charge < -0.3 is 0 Å². The summed E-state index contributed by atoms with van der Waals surface area (Å²) in [5.74, 6) is -0.600. The summed E-state index contributed by atoms with van der Waals surface area (Å²) in [7, 11) is 0. The Morgan fingerprint density at radius 2 is 0.750 bits per heavy atom. The SMILES string of the molecule is FC1CC(CCC2CC(F)C(F)C(F)C2)CC(F)C1F. The molecule has 0 spiro atoms. The van der Waals surface area contributed by atoms with Crippen LogP contribution in [0.5, 0.6) is 0 Å². The van der Waals surface area contributed by atoms with Crippen molar-refractivity contribution in [3.8, 4) is 0 Å². The number of alkyl halides is 6. The zero-order chi connectivity index (χ0) is 14.9. The van der Waals surface area contributed by atoms with Crippen LogP contribution in [0.15, 0.2) is 0 Å². The van der Waals surface area contributed by atoms with Gasteiger partial charge in [0.15, 0.2) is 12.3 Å². The summed E-state index contributed by atoms with van der Waals surface area (Å²) in [5, 5.41) is 0. The molecule has 2 aliphatic rings. The van der Waals surface area contributed by atoms with Crippen LogP contribution in [-0.4, -0.2) is 37.0 Å². The predicted octanol–water partition coefficient (Wildman–Crippen LogP) is 4.62. The van der Waals surface area contributed by atoms with Crippen molar-refractivity contribution in [2.45, 2.75) is 75.6 Å². The minimum atomic E-state index is -2.06. The third-order valence-electron chi connectivity index (χ3n) is 4.60. The Kier molecular flexibility index (Phi) is 5.24. The Balaban J connectivity index is 1.78. The highest BCUT2D eigenvalue weighted by Gasteiger charge is 2.41. The van der Waals surface area contributed by atoms with Crippen LogP contribution >= 0.6 is 0 Å². The van der Waals surface area contributed by atoms with Gasteiger partial charge in [-0.05, 0) is 50.4 Å². The van der Waals surface area contributed by atoms with E-state index < -0.39 is 37.0 Å². The lowest BCUT2D eigenvalue weighted by Gasteiger charge is -2.33. The maximum absolute atomic E-state index is 13.2. The van der Waals surface area contributed by atoms with Gasteiger partial charge in [0, 0.05) is 0 Å². The molecule has 4 unspecified atom stereocenters. The van der Waals surface area contributed by atoms with Crippen molar-refractivity contribution in [1.82, 2.24) is 0 Å². The van der Waals surface area contributed by atoms with Crippen LogP contribution in [-0.2, 0) is 0 Å². The first-order valence-corrected chi connectivity index (χ1v) is 7.23. The van der Waals surface area contributed by atoms with Gasteiger partial charge in [-0.15, -0.1) is 0 Å². The molecule has 0 radical (unpaired) electrons. The first kappa shape index (κ1) is 16.0. The lowest BCUT2D eigenvalue weighted by molar-refractivity contribution is 0.00254. The van der Waals surface area contributed by atoms with Crippen LogP contribution in [0.1, 0.15) is 38.5 Å². The molecule has 2 rings (SSSR count). The van der Waals surface area contributed by atoms with E-state index in [-0.39, 0.29) is 37.5 Å². The number of halogens is 6. The molecule has 0 heterocycles. The molecule has 0 amide bonds. The highest BCUT2D eigenvalue weighted by atomic mass is 19.2. The Hall–Kier alpha value is -0.420. The van der Waals surface area contributed by atoms with E-state index in [9.17, 15) is 26.3 Å². The first-order chi connectivity index (χ1) is 9.38. The third kappa shape index (κ3) is 3.61. The quantitative estimate of drug-likeness (QED) is 0.668. The lowest BCUT2D eigenvalue weighted by Crippen LogP contribution is -2.38. The molecule has 6 heteroatoms. The van der Waals surface area contributed by atoms with Crippen molar-refractivity contribution in [1.29, 1.82) is 0 Å². The van der Waals surface area contributed by atoms with Crippen molar-refractivity contribution in [3.05, 3.63) is 0 Å². The summed E-state index contributed by atoms with van der Waals surface area (Å²) >= 11 is 0. The number of rotatable bonds is 3. The maximum atomic E-state index is 13.2. The average molecular weight is 302 g/mol. The maximum Gasteiger partial charge on any atom is 0.162 e. The summed E-state index contributed by atoms with van der Waals surface area (Å²) < 4.78 is 78.9. The van der Waals surface area contributed by atoms with E-state index in [0.717, 1.165) is 0 Å². The minimum Gasteiger partial charge on any atom is -0.244 e. The van der Waals surface area contributed by atoms with Crippen LogP contribution in [0.3, 0.4) is 0 Å². The van der Waals surface area contributed by atoms with Crippen LogP contribution in [0.25, 0.3) is 0 Å². The second kappa shape index (κ2) is 6.56. The van der Waals surface area contributed by atoms with E-state index in [0.29, 0.717) is 12.8 Å². The molecule has 0 nitrogen and oxygen atoms in total. The molecule has 2 aliphatic carbocycles. The van der Waals surface area contributed by atoms with E-state index in [1.54, 1.807) is 0 Å². The second-order valence-corrected chi connectivity index (χ2v) is 6.21. The predicted molar refractivity (Wildman–Crippen MR) is 64.1 cm³/mol. The first-order valence-electron chi connectivity index (χ1n) is 7.23. The van der Waals surface area contributed by atoms with Gasteiger partial charge in [0.05, 0.1) is 0 Å². The fourth-order valence-corrected chi connectivity index (χ4v) is 3.38. The van der Waals surface area contributed by atoms with E-state index in [2.05, 4.69) is 0 Å². The Labute approximate surface area is 114 Å². The van der Waals surface area contributed by atoms with Gasteiger partial charge in [0.25, 0.3) is 0 Å². The highest BCUT2D eigenvalue weighted by molar-refractivity contribution is 4.89. The molecule has 0 aromatic carbocycles. The minimum absolute atomic E-state index is 0.0435. The van der Waals surface area contributed by atoms with Crippen LogP contribution in [0, 0.1) is 11.8 Å². The standard InChI is InChI=1S/C14H20F6/c15-9-3-7(4-10(16)13(9)19)1-2-8-5-11(17)14(20)12(18)6-8/h7-14H,1-6H2. The van der Waals surface area contributed by atoms with E-state index in [1.165, 1.54) is 0 Å². The fourth-order valence-electron chi connectivity index (χ4n) is 3.38. The lowest BCUT2D eigenvalue weighted by atomic mass is 9.77. The Bertz CT molecular complexity index is 258. The van der Waals surface area contributed by atoms with Gasteiger partial charge in [-0.2, -0.15) is 0 Å². The van der Waals surface area contributed by atoms with Gasteiger partial charge >= 0.3 is 0 Å². The monoisotopic (exact) mass is 302 g/mol. The molecule has 0 aliphatic heterocycles. The molecule has 0 N–H and O–H groups in total. The van der Waals surface area contributed by atoms with Crippen molar-refractivity contribution in [2.75, 3.05) is 0 Å². The zero-order valence-corrected chi connectivity index (χ0v) is 11.1. The summed E-state index contributed by atoms with van der Waals surface area (Å²) in [5.41, 5.74) is 0. The van der Waals surface area contributed by atoms with Crippen molar-refractivity contribution in [3.63, 3.8) is 0 Å². The molecule has 0 aromatic heterocycles. The largest absolute Gasteiger partial charge is 0.244 e. The molecule has 20 heavy (non-hydrogen) atoms. The van der Waals surface area contributed by atoms with Crippen molar-refractivity contribution < 1.29 is 26.3 Å². The number of hydrogen-bond donors (Lipinski definition) is 0. The van der Waals surface area contributed by atoms with Gasteiger partial charge in [0.1, 0.15) is 24.7 Å². The van der Waals surface area contributed by atoms with E-state index in [4.69, 9.17) is 0 Å². The summed E-state index contributed by atoms with van der Waals surface area (Å²) in [6.45, 7) is 0. The average Bonchev–Trinajstić information content (AvgIpc) is 2.39. The zero-order valence-electron chi connectivity index (χ0n) is 11.1. The van der Waals surface area contributed by atoms with Gasteiger partial charge in [-0.25, -0.2) is 26.3 Å². The van der Waals surface area contributed by atoms with Crippen LogP contribution in [0.2, 0.25) is 0 Å². The topological polar surface area (TPSA) is 0 Å². The van der Waals surface area contributed by atoms with Gasteiger partial charge in [-0.1, -0.05) is 0 Å². The van der Waals surface area contributed by atoms with Crippen LogP contribution in [0.4, 0.5) is 26.3 Å². The smallest absolute Gasteiger partial charge is 0.162 e. The Morgan fingerprint density at radius 3 is 1.00 bits per heavy atom. The molecular formula is C14H20F6. The molecule has 2 saturated carbocycles. The van der Waals surface area contributed by atoms with E-state index in [1.807, 2.05) is 0 Å². The van der Waals surface area contributed by atoms with Gasteiger partial charge in [-0.3, -0.25) is 0 Å². The highest BCUT2D eigenvalue weighted by Crippen LogP contribution is 2.38. The molecule has 0 saturated heterocycles. The summed E-state index contributed by atoms with van der Waals surface area (Å²) in [6.07, 6.45) is -10.7. The molecule has 2 fully saturated rings. The van der Waals surface area contributed by atoms with Crippen LogP contribution < -0.4 is 0 Å². The Morgan fingerprint density at radius 1 is 0.500 bits per heavy atom. The van der Waals surface area contributed by atoms with Gasteiger partial charge in [0.2, 0.25) is 0 Å². The third-order valence-corrected chi connectivity index (χ3v) is 4.60. The number of hydrogen-bond acceptors (Lipinski definition) is 0. The molecule has 0 bridgehead atoms. The molecule has 0 aromatic rings. The molecular weight excluding hydrogens is 282 g/mol. The molecule has 4 atom stereocenters.